The summed E-state index contributed by atoms with van der Waals surface area (Å²) in [5, 5.41) is 1.04. The molecule has 0 N–H and O–H groups in total. The molecule has 4 nitrogen and oxygen atoms in total. The smallest absolute Gasteiger partial charge is 0.263 e. The Labute approximate surface area is 228 Å². The zero-order valence-electron chi connectivity index (χ0n) is 22.1. The van der Waals surface area contributed by atoms with Gasteiger partial charge in [-0.25, -0.2) is 8.78 Å². The molecule has 4 aromatic rings. The summed E-state index contributed by atoms with van der Waals surface area (Å²) in [6, 6.07) is 25.8. The fourth-order valence-electron chi connectivity index (χ4n) is 6.88. The lowest BCUT2D eigenvalue weighted by molar-refractivity contribution is 0.0875. The largest absolute Gasteiger partial charge is 0.493 e. The van der Waals surface area contributed by atoms with Crippen molar-refractivity contribution in [1.29, 1.82) is 0 Å². The standard InChI is InChI=1S/C33H33F2N3O/c1-22(21-39-29-14-6-13-28-27(29)12-7-15-36-28)20-37-16-18-38(19-17-37)32-25-10-4-2-8-23(25)30-31(33(30,34)35)24-9-3-5-11-26(24)32/h2-15,22,30-32H,16-21H2,1H3/t22-,30-,31+,32?/m1/s1. The summed E-state index contributed by atoms with van der Waals surface area (Å²) in [6.07, 6.45) is 1.80. The van der Waals surface area contributed by atoms with Crippen LogP contribution in [-0.4, -0.2) is 60.0 Å². The molecule has 3 aliphatic rings. The van der Waals surface area contributed by atoms with Gasteiger partial charge in [0.05, 0.1) is 30.0 Å². The van der Waals surface area contributed by atoms with Crippen molar-refractivity contribution in [1.82, 2.24) is 14.8 Å². The minimum Gasteiger partial charge on any atom is -0.493 e. The zero-order chi connectivity index (χ0) is 26.6. The zero-order valence-corrected chi connectivity index (χ0v) is 22.1. The van der Waals surface area contributed by atoms with Crippen molar-refractivity contribution in [2.24, 2.45) is 5.92 Å². The molecule has 0 radical (unpaired) electrons. The minimum absolute atomic E-state index is 0.0175. The van der Waals surface area contributed by atoms with E-state index in [1.165, 1.54) is 0 Å². The summed E-state index contributed by atoms with van der Waals surface area (Å²) in [5.41, 5.74) is 4.70. The van der Waals surface area contributed by atoms with Crippen molar-refractivity contribution in [3.63, 3.8) is 0 Å². The molecule has 200 valence electrons. The van der Waals surface area contributed by atoms with E-state index in [0.717, 1.165) is 71.6 Å². The Bertz CT molecular complexity index is 1440. The van der Waals surface area contributed by atoms with Crippen molar-refractivity contribution in [2.45, 2.75) is 30.7 Å². The molecule has 39 heavy (non-hydrogen) atoms. The van der Waals surface area contributed by atoms with E-state index in [1.807, 2.05) is 60.7 Å². The third-order valence-electron chi connectivity index (χ3n) is 8.78. The lowest BCUT2D eigenvalue weighted by Crippen LogP contribution is -2.49. The molecule has 1 saturated heterocycles. The van der Waals surface area contributed by atoms with Crippen molar-refractivity contribution in [2.75, 3.05) is 39.3 Å². The van der Waals surface area contributed by atoms with Crippen molar-refractivity contribution < 1.29 is 13.5 Å². The van der Waals surface area contributed by atoms with Crippen LogP contribution in [0.3, 0.4) is 0 Å². The number of halogens is 2. The van der Waals surface area contributed by atoms with Crippen LogP contribution >= 0.6 is 0 Å². The number of benzene rings is 3. The number of alkyl halides is 2. The number of aromatic nitrogens is 1. The predicted octanol–water partition coefficient (Wildman–Crippen LogP) is 6.49. The Morgan fingerprint density at radius 1 is 0.821 bits per heavy atom. The minimum atomic E-state index is -2.67. The Balaban J connectivity index is 1.04. The van der Waals surface area contributed by atoms with E-state index in [2.05, 4.69) is 39.9 Å². The molecule has 3 aromatic carbocycles. The van der Waals surface area contributed by atoms with Crippen LogP contribution in [0.15, 0.2) is 85.1 Å². The molecule has 1 aliphatic heterocycles. The molecule has 2 fully saturated rings. The van der Waals surface area contributed by atoms with E-state index in [1.54, 1.807) is 6.20 Å². The van der Waals surface area contributed by atoms with E-state index in [0.29, 0.717) is 12.5 Å². The number of piperazine rings is 1. The van der Waals surface area contributed by atoms with Gasteiger partial charge in [-0.1, -0.05) is 61.5 Å². The molecule has 0 amide bonds. The Hall–Kier alpha value is -3.35. The second-order valence-electron chi connectivity index (χ2n) is 11.4. The highest BCUT2D eigenvalue weighted by atomic mass is 19.3. The van der Waals surface area contributed by atoms with Crippen molar-refractivity contribution >= 4 is 10.9 Å². The summed E-state index contributed by atoms with van der Waals surface area (Å²) in [4.78, 5) is 9.44. The van der Waals surface area contributed by atoms with Crippen LogP contribution in [0.25, 0.3) is 10.9 Å². The topological polar surface area (TPSA) is 28.6 Å². The molecular weight excluding hydrogens is 492 g/mol. The molecular formula is C33H33F2N3O. The van der Waals surface area contributed by atoms with Crippen LogP contribution in [-0.2, 0) is 0 Å². The van der Waals surface area contributed by atoms with E-state index in [-0.39, 0.29) is 6.04 Å². The Kier molecular flexibility index (Phi) is 6.13. The fourth-order valence-corrected chi connectivity index (χ4v) is 6.88. The first kappa shape index (κ1) is 24.7. The summed E-state index contributed by atoms with van der Waals surface area (Å²) in [5.74, 6) is -2.83. The molecule has 0 bridgehead atoms. The van der Waals surface area contributed by atoms with Gasteiger partial charge >= 0.3 is 0 Å². The van der Waals surface area contributed by atoms with Crippen LogP contribution in [0.2, 0.25) is 0 Å². The van der Waals surface area contributed by atoms with Crippen LogP contribution in [0.5, 0.6) is 5.75 Å². The fraction of sp³-hybridized carbons (Fsp3) is 0.364. The van der Waals surface area contributed by atoms with Gasteiger partial charge in [0.2, 0.25) is 0 Å². The lowest BCUT2D eigenvalue weighted by Gasteiger charge is -2.41. The van der Waals surface area contributed by atoms with Gasteiger partial charge in [0, 0.05) is 50.2 Å². The number of rotatable bonds is 6. The SMILES string of the molecule is C[C@@H](COc1cccc2ncccc12)CN1CCN(C2c3ccccc3[C@@H]3[C@H](c4ccccc42)C3(F)F)CC1. The molecule has 1 unspecified atom stereocenters. The monoisotopic (exact) mass is 525 g/mol. The number of nitrogens with zero attached hydrogens (tertiary/aromatic N) is 3. The maximum atomic E-state index is 15.0. The molecule has 6 heteroatoms. The number of fused-ring (bicyclic) bond motifs is 6. The van der Waals surface area contributed by atoms with Gasteiger partial charge in [0.25, 0.3) is 5.92 Å². The summed E-state index contributed by atoms with van der Waals surface area (Å²) >= 11 is 0. The van der Waals surface area contributed by atoms with Gasteiger partial charge in [0.15, 0.2) is 0 Å². The van der Waals surface area contributed by atoms with Crippen molar-refractivity contribution in [3.8, 4) is 5.75 Å². The first-order valence-corrected chi connectivity index (χ1v) is 14.0. The Morgan fingerprint density at radius 2 is 1.46 bits per heavy atom. The van der Waals surface area contributed by atoms with Gasteiger partial charge in [0.1, 0.15) is 5.75 Å². The van der Waals surface area contributed by atoms with Gasteiger partial charge in [-0.2, -0.15) is 0 Å². The first-order chi connectivity index (χ1) is 19.0. The average molecular weight is 526 g/mol. The normalized spacial score (nSPS) is 24.7. The number of hydrogen-bond acceptors (Lipinski definition) is 4. The highest BCUT2D eigenvalue weighted by Crippen LogP contribution is 2.70. The van der Waals surface area contributed by atoms with E-state index in [9.17, 15) is 8.78 Å². The van der Waals surface area contributed by atoms with E-state index < -0.39 is 17.8 Å². The summed E-state index contributed by atoms with van der Waals surface area (Å²) < 4.78 is 36.2. The lowest BCUT2D eigenvalue weighted by atomic mass is 9.90. The van der Waals surface area contributed by atoms with Crippen molar-refractivity contribution in [3.05, 3.63) is 107 Å². The molecule has 1 saturated carbocycles. The van der Waals surface area contributed by atoms with Crippen LogP contribution < -0.4 is 4.74 Å². The molecule has 1 aromatic heterocycles. The molecule has 7 rings (SSSR count). The number of pyridine rings is 1. The van der Waals surface area contributed by atoms with Gasteiger partial charge in [-0.15, -0.1) is 0 Å². The highest BCUT2D eigenvalue weighted by Gasteiger charge is 2.71. The average Bonchev–Trinajstić information content (AvgIpc) is 3.58. The quantitative estimate of drug-likeness (QED) is 0.288. The third kappa shape index (κ3) is 4.30. The first-order valence-electron chi connectivity index (χ1n) is 14.0. The van der Waals surface area contributed by atoms with Gasteiger partial charge < -0.3 is 9.64 Å². The van der Waals surface area contributed by atoms with Crippen LogP contribution in [0.4, 0.5) is 8.78 Å². The molecule has 2 heterocycles. The summed E-state index contributed by atoms with van der Waals surface area (Å²) in [6.45, 7) is 7.56. The van der Waals surface area contributed by atoms with E-state index in [4.69, 9.17) is 4.74 Å². The second kappa shape index (κ2) is 9.68. The van der Waals surface area contributed by atoms with E-state index >= 15 is 0 Å². The van der Waals surface area contributed by atoms with Crippen LogP contribution in [0.1, 0.15) is 47.1 Å². The predicted molar refractivity (Wildman–Crippen MR) is 150 cm³/mol. The second-order valence-corrected chi connectivity index (χ2v) is 11.4. The van der Waals surface area contributed by atoms with Crippen LogP contribution in [0, 0.1) is 5.92 Å². The number of ether oxygens (including phenoxy) is 1. The van der Waals surface area contributed by atoms with Gasteiger partial charge in [-0.3, -0.25) is 9.88 Å². The number of hydrogen-bond donors (Lipinski definition) is 0. The summed E-state index contributed by atoms with van der Waals surface area (Å²) in [7, 11) is 0. The molecule has 4 atom stereocenters. The molecule has 2 aliphatic carbocycles. The third-order valence-corrected chi connectivity index (χ3v) is 8.78. The molecule has 0 spiro atoms. The highest BCUT2D eigenvalue weighted by molar-refractivity contribution is 5.84. The maximum Gasteiger partial charge on any atom is 0.263 e. The Morgan fingerprint density at radius 3 is 2.13 bits per heavy atom. The maximum absolute atomic E-state index is 15.0. The van der Waals surface area contributed by atoms with Gasteiger partial charge in [-0.05, 0) is 46.5 Å².